The fourth-order valence-electron chi connectivity index (χ4n) is 4.77. The van der Waals surface area contributed by atoms with Crippen LogP contribution in [0.3, 0.4) is 0 Å². The van der Waals surface area contributed by atoms with Gasteiger partial charge in [-0.3, -0.25) is 40.0 Å². The first-order valence-electron chi connectivity index (χ1n) is 13.0. The van der Waals surface area contributed by atoms with Gasteiger partial charge in [-0.25, -0.2) is 4.79 Å². The molecule has 1 fully saturated rings. The molecule has 1 aliphatic rings. The molecule has 3 aromatic carbocycles. The number of aryl methyl sites for hydroxylation is 1. The predicted molar refractivity (Wildman–Crippen MR) is 165 cm³/mol. The van der Waals surface area contributed by atoms with Gasteiger partial charge in [-0.1, -0.05) is 0 Å². The van der Waals surface area contributed by atoms with Crippen LogP contribution in [0, 0.1) is 34.1 Å². The quantitative estimate of drug-likeness (QED) is 0.0861. The zero-order valence-electron chi connectivity index (χ0n) is 23.4. The first kappa shape index (κ1) is 30.2. The Hall–Kier alpha value is -6.22. The molecule has 0 bridgehead atoms. The van der Waals surface area contributed by atoms with E-state index in [1.54, 1.807) is 37.3 Å². The molecule has 2 heterocycles. The standard InChI is InChI=1S/C30H21N5O9S/c1-16-13-19(14-24-27(36)31-30(45)33(28(24)37)21-5-3-18(4-6-21)29(38)39)17(2)32(16)20-7-10-23(11-8-20)44-26-12-9-22(34(40)41)15-25(26)35(42)43/h3-15H,1-2H3,(H,38,39)(H,31,36,45)/b24-14+. The third-order valence-electron chi connectivity index (χ3n) is 6.92. The number of carboxylic acid groups (broad SMARTS) is 1. The molecule has 1 aromatic heterocycles. The van der Waals surface area contributed by atoms with Crippen molar-refractivity contribution in [3.63, 3.8) is 0 Å². The maximum absolute atomic E-state index is 13.4. The number of benzene rings is 3. The van der Waals surface area contributed by atoms with E-state index in [2.05, 4.69) is 5.32 Å². The third kappa shape index (κ3) is 5.87. The Morgan fingerprint density at radius 3 is 2.18 bits per heavy atom. The van der Waals surface area contributed by atoms with Crippen LogP contribution in [0.4, 0.5) is 17.1 Å². The highest BCUT2D eigenvalue weighted by Gasteiger charge is 2.35. The summed E-state index contributed by atoms with van der Waals surface area (Å²) in [5.74, 6) is -2.41. The number of aromatic nitrogens is 1. The highest BCUT2D eigenvalue weighted by molar-refractivity contribution is 7.80. The summed E-state index contributed by atoms with van der Waals surface area (Å²) in [7, 11) is 0. The lowest BCUT2D eigenvalue weighted by Gasteiger charge is -2.29. The summed E-state index contributed by atoms with van der Waals surface area (Å²) < 4.78 is 7.51. The summed E-state index contributed by atoms with van der Waals surface area (Å²) in [5, 5.41) is 34.0. The van der Waals surface area contributed by atoms with Crippen molar-refractivity contribution in [2.75, 3.05) is 4.90 Å². The first-order valence-corrected chi connectivity index (χ1v) is 13.4. The Bertz CT molecular complexity index is 1960. The number of anilines is 1. The van der Waals surface area contributed by atoms with Gasteiger partial charge in [0, 0.05) is 23.1 Å². The van der Waals surface area contributed by atoms with Crippen LogP contribution in [-0.2, 0) is 9.59 Å². The fraction of sp³-hybridized carbons (Fsp3) is 0.0667. The largest absolute Gasteiger partial charge is 0.478 e. The monoisotopic (exact) mass is 627 g/mol. The van der Waals surface area contributed by atoms with E-state index >= 15 is 0 Å². The van der Waals surface area contributed by atoms with Crippen LogP contribution in [0.1, 0.15) is 27.3 Å². The third-order valence-corrected chi connectivity index (χ3v) is 7.20. The van der Waals surface area contributed by atoms with Crippen LogP contribution in [-0.4, -0.2) is 42.4 Å². The molecule has 15 heteroatoms. The van der Waals surface area contributed by atoms with Crippen molar-refractivity contribution < 1.29 is 34.1 Å². The summed E-state index contributed by atoms with van der Waals surface area (Å²) >= 11 is 5.22. The van der Waals surface area contributed by atoms with Crippen molar-refractivity contribution in [3.8, 4) is 17.2 Å². The molecule has 45 heavy (non-hydrogen) atoms. The van der Waals surface area contributed by atoms with Gasteiger partial charge >= 0.3 is 11.7 Å². The second-order valence-corrected chi connectivity index (χ2v) is 10.1. The number of aromatic carboxylic acids is 1. The van der Waals surface area contributed by atoms with Crippen molar-refractivity contribution in [2.45, 2.75) is 13.8 Å². The Labute approximate surface area is 259 Å². The van der Waals surface area contributed by atoms with Crippen LogP contribution >= 0.6 is 12.2 Å². The maximum Gasteiger partial charge on any atom is 0.335 e. The molecular weight excluding hydrogens is 606 g/mol. The molecule has 0 spiro atoms. The number of nitrogens with zero attached hydrogens (tertiary/aromatic N) is 4. The fourth-order valence-corrected chi connectivity index (χ4v) is 5.05. The van der Waals surface area contributed by atoms with Crippen LogP contribution in [0.25, 0.3) is 11.8 Å². The minimum Gasteiger partial charge on any atom is -0.478 e. The molecule has 5 rings (SSSR count). The van der Waals surface area contributed by atoms with Gasteiger partial charge in [0.05, 0.1) is 27.2 Å². The molecule has 0 radical (unpaired) electrons. The van der Waals surface area contributed by atoms with Crippen molar-refractivity contribution in [1.29, 1.82) is 0 Å². The van der Waals surface area contributed by atoms with E-state index in [9.17, 15) is 34.6 Å². The van der Waals surface area contributed by atoms with Gasteiger partial charge in [0.25, 0.3) is 17.5 Å². The number of nitro benzene ring substituents is 2. The number of rotatable bonds is 8. The lowest BCUT2D eigenvalue weighted by molar-refractivity contribution is -0.394. The summed E-state index contributed by atoms with van der Waals surface area (Å²) in [6.07, 6.45) is 1.45. The second kappa shape index (κ2) is 11.8. The van der Waals surface area contributed by atoms with E-state index in [0.29, 0.717) is 16.9 Å². The van der Waals surface area contributed by atoms with Crippen molar-refractivity contribution in [1.82, 2.24) is 9.88 Å². The summed E-state index contributed by atoms with van der Waals surface area (Å²) in [6, 6.07) is 16.9. The van der Waals surface area contributed by atoms with Gasteiger partial charge in [-0.2, -0.15) is 0 Å². The minimum absolute atomic E-state index is 0.0219. The second-order valence-electron chi connectivity index (χ2n) is 9.73. The van der Waals surface area contributed by atoms with E-state index in [1.165, 1.54) is 30.3 Å². The summed E-state index contributed by atoms with van der Waals surface area (Å²) in [6.45, 7) is 3.62. The average Bonchev–Trinajstić information content (AvgIpc) is 3.27. The number of thiocarbonyl (C=S) groups is 1. The molecular formula is C30H21N5O9S. The molecule has 226 valence electrons. The lowest BCUT2D eigenvalue weighted by Crippen LogP contribution is -2.54. The van der Waals surface area contributed by atoms with Gasteiger partial charge in [0.1, 0.15) is 11.3 Å². The SMILES string of the molecule is Cc1cc(/C=C2\C(=O)NC(=S)N(c3ccc(C(=O)O)cc3)C2=O)c(C)n1-c1ccc(Oc2ccc([N+](=O)[O-])cc2[N+](=O)[O-])cc1. The molecule has 1 saturated heterocycles. The van der Waals surface area contributed by atoms with Crippen LogP contribution in [0.5, 0.6) is 11.5 Å². The minimum atomic E-state index is -1.13. The van der Waals surface area contributed by atoms with Crippen molar-refractivity contribution >= 4 is 58.3 Å². The van der Waals surface area contributed by atoms with Gasteiger partial charge < -0.3 is 14.4 Å². The Morgan fingerprint density at radius 1 is 0.933 bits per heavy atom. The number of non-ortho nitro benzene ring substituents is 1. The number of carboxylic acids is 1. The first-order chi connectivity index (χ1) is 21.3. The van der Waals surface area contributed by atoms with Crippen molar-refractivity contribution in [2.24, 2.45) is 0 Å². The number of amides is 2. The molecule has 4 aromatic rings. The number of carbonyl (C=O) groups is 3. The highest BCUT2D eigenvalue weighted by atomic mass is 32.1. The van der Waals surface area contributed by atoms with Crippen LogP contribution < -0.4 is 15.0 Å². The van der Waals surface area contributed by atoms with E-state index < -0.39 is 39.0 Å². The van der Waals surface area contributed by atoms with E-state index in [-0.39, 0.29) is 33.4 Å². The molecule has 0 saturated carbocycles. The molecule has 0 unspecified atom stereocenters. The zero-order chi connectivity index (χ0) is 32.6. The highest BCUT2D eigenvalue weighted by Crippen LogP contribution is 2.35. The molecule has 2 amide bonds. The number of nitrogens with one attached hydrogen (secondary N) is 1. The Morgan fingerprint density at radius 2 is 1.58 bits per heavy atom. The smallest absolute Gasteiger partial charge is 0.335 e. The van der Waals surface area contributed by atoms with E-state index in [4.69, 9.17) is 22.1 Å². The van der Waals surface area contributed by atoms with E-state index in [0.717, 1.165) is 28.8 Å². The lowest BCUT2D eigenvalue weighted by atomic mass is 10.1. The number of hydrogen-bond acceptors (Lipinski definition) is 9. The average molecular weight is 628 g/mol. The molecule has 0 aliphatic carbocycles. The normalized spacial score (nSPS) is 14.0. The van der Waals surface area contributed by atoms with Gasteiger partial charge in [0.15, 0.2) is 5.11 Å². The predicted octanol–water partition coefficient (Wildman–Crippen LogP) is 5.23. The van der Waals surface area contributed by atoms with Crippen LogP contribution in [0.2, 0.25) is 0 Å². The summed E-state index contributed by atoms with van der Waals surface area (Å²) in [5.41, 5.74) is 1.83. The zero-order valence-corrected chi connectivity index (χ0v) is 24.2. The molecule has 2 N–H and O–H groups in total. The topological polar surface area (TPSA) is 187 Å². The number of carbonyl (C=O) groups excluding carboxylic acids is 2. The summed E-state index contributed by atoms with van der Waals surface area (Å²) in [4.78, 5) is 59.6. The Kier molecular flexibility index (Phi) is 7.94. The molecule has 1 aliphatic heterocycles. The van der Waals surface area contributed by atoms with Gasteiger partial charge in [-0.05, 0) is 98.4 Å². The molecule has 0 atom stereocenters. The number of nitro groups is 2. The molecule has 14 nitrogen and oxygen atoms in total. The van der Waals surface area contributed by atoms with Crippen LogP contribution in [0.15, 0.2) is 78.4 Å². The van der Waals surface area contributed by atoms with Crippen molar-refractivity contribution in [3.05, 3.63) is 121 Å². The van der Waals surface area contributed by atoms with E-state index in [1.807, 2.05) is 11.5 Å². The van der Waals surface area contributed by atoms with Gasteiger partial charge in [-0.15, -0.1) is 0 Å². The van der Waals surface area contributed by atoms with Gasteiger partial charge in [0.2, 0.25) is 5.75 Å². The maximum atomic E-state index is 13.4. The Balaban J connectivity index is 1.42. The number of ether oxygens (including phenoxy) is 1. The number of hydrogen-bond donors (Lipinski definition) is 2.